The molecule has 21 heavy (non-hydrogen) atoms. The Morgan fingerprint density at radius 2 is 2.05 bits per heavy atom. The number of carbonyl (C=O) groups is 1. The molecule has 1 aliphatic rings. The van der Waals surface area contributed by atoms with Gasteiger partial charge in [-0.3, -0.25) is 4.79 Å². The largest absolute Gasteiger partial charge is 0.377 e. The Bertz CT molecular complexity index is 598. The van der Waals surface area contributed by atoms with Crippen LogP contribution >= 0.6 is 10.7 Å². The van der Waals surface area contributed by atoms with Crippen LogP contribution in [0.25, 0.3) is 0 Å². The Labute approximate surface area is 129 Å². The highest BCUT2D eigenvalue weighted by Crippen LogP contribution is 2.19. The molecule has 0 bridgehead atoms. The van der Waals surface area contributed by atoms with E-state index in [1.54, 1.807) is 4.90 Å². The van der Waals surface area contributed by atoms with Crippen LogP contribution in [-0.4, -0.2) is 45.0 Å². The SMILES string of the molecule is CCOC1CCCN(C(=O)c2ccc(S(=O)(=O)Cl)cc2)C1. The third-order valence-corrected chi connectivity index (χ3v) is 4.82. The van der Waals surface area contributed by atoms with E-state index in [-0.39, 0.29) is 16.9 Å². The fourth-order valence-electron chi connectivity index (χ4n) is 2.44. The second kappa shape index (κ2) is 6.77. The molecule has 116 valence electrons. The van der Waals surface area contributed by atoms with Gasteiger partial charge in [0.2, 0.25) is 0 Å². The summed E-state index contributed by atoms with van der Waals surface area (Å²) in [6, 6.07) is 5.67. The number of hydrogen-bond acceptors (Lipinski definition) is 4. The van der Waals surface area contributed by atoms with Crippen LogP contribution < -0.4 is 0 Å². The van der Waals surface area contributed by atoms with Crippen LogP contribution in [0.4, 0.5) is 0 Å². The van der Waals surface area contributed by atoms with Crippen molar-refractivity contribution in [3.05, 3.63) is 29.8 Å². The summed E-state index contributed by atoms with van der Waals surface area (Å²) in [5.74, 6) is -0.113. The van der Waals surface area contributed by atoms with Crippen LogP contribution in [0, 0.1) is 0 Å². The van der Waals surface area contributed by atoms with Crippen molar-refractivity contribution < 1.29 is 17.9 Å². The monoisotopic (exact) mass is 331 g/mol. The van der Waals surface area contributed by atoms with Gasteiger partial charge in [0.05, 0.1) is 11.0 Å². The van der Waals surface area contributed by atoms with Gasteiger partial charge in [-0.05, 0) is 44.0 Å². The first-order valence-electron chi connectivity index (χ1n) is 6.87. The molecule has 1 unspecified atom stereocenters. The highest BCUT2D eigenvalue weighted by Gasteiger charge is 2.24. The third-order valence-electron chi connectivity index (χ3n) is 3.45. The van der Waals surface area contributed by atoms with E-state index in [0.717, 1.165) is 12.8 Å². The Morgan fingerprint density at radius 3 is 2.62 bits per heavy atom. The quantitative estimate of drug-likeness (QED) is 0.794. The van der Waals surface area contributed by atoms with Crippen LogP contribution in [0.2, 0.25) is 0 Å². The predicted octanol–water partition coefficient (Wildman–Crippen LogP) is 2.26. The van der Waals surface area contributed by atoms with Crippen molar-refractivity contribution >= 4 is 25.6 Å². The first-order valence-corrected chi connectivity index (χ1v) is 9.18. The second-order valence-electron chi connectivity index (χ2n) is 4.93. The molecule has 1 aliphatic heterocycles. The first kappa shape index (κ1) is 16.3. The minimum atomic E-state index is -3.76. The summed E-state index contributed by atoms with van der Waals surface area (Å²) in [5, 5.41) is 0. The molecule has 1 aromatic carbocycles. The molecule has 1 aromatic rings. The molecule has 0 saturated carbocycles. The summed E-state index contributed by atoms with van der Waals surface area (Å²) in [5.41, 5.74) is 0.455. The fraction of sp³-hybridized carbons (Fsp3) is 0.500. The number of nitrogens with zero attached hydrogens (tertiary/aromatic N) is 1. The van der Waals surface area contributed by atoms with E-state index in [0.29, 0.717) is 25.3 Å². The molecule has 0 spiro atoms. The second-order valence-corrected chi connectivity index (χ2v) is 7.50. The topological polar surface area (TPSA) is 63.7 Å². The summed E-state index contributed by atoms with van der Waals surface area (Å²) in [7, 11) is 1.49. The number of halogens is 1. The molecule has 7 heteroatoms. The number of piperidine rings is 1. The van der Waals surface area contributed by atoms with Gasteiger partial charge >= 0.3 is 0 Å². The molecule has 1 fully saturated rings. The zero-order valence-electron chi connectivity index (χ0n) is 11.8. The first-order chi connectivity index (χ1) is 9.91. The van der Waals surface area contributed by atoms with Crippen LogP contribution in [-0.2, 0) is 13.8 Å². The van der Waals surface area contributed by atoms with Crippen molar-refractivity contribution in [3.8, 4) is 0 Å². The molecular formula is C14H18ClNO4S. The number of hydrogen-bond donors (Lipinski definition) is 0. The Balaban J connectivity index is 2.09. The maximum atomic E-state index is 12.4. The van der Waals surface area contributed by atoms with Crippen molar-refractivity contribution in [2.24, 2.45) is 0 Å². The number of benzene rings is 1. The number of carbonyl (C=O) groups excluding carboxylic acids is 1. The summed E-state index contributed by atoms with van der Waals surface area (Å²) in [4.78, 5) is 14.1. The molecule has 0 radical (unpaired) electrons. The number of likely N-dealkylation sites (tertiary alicyclic amines) is 1. The minimum absolute atomic E-state index is 0.00782. The minimum Gasteiger partial charge on any atom is -0.377 e. The number of ether oxygens (including phenoxy) is 1. The molecule has 1 heterocycles. The van der Waals surface area contributed by atoms with Gasteiger partial charge in [0.1, 0.15) is 0 Å². The molecule has 1 atom stereocenters. The molecule has 1 amide bonds. The summed E-state index contributed by atoms with van der Waals surface area (Å²) >= 11 is 0. The van der Waals surface area contributed by atoms with Crippen molar-refractivity contribution in [2.75, 3.05) is 19.7 Å². The molecular weight excluding hydrogens is 314 g/mol. The highest BCUT2D eigenvalue weighted by molar-refractivity contribution is 8.13. The zero-order valence-corrected chi connectivity index (χ0v) is 13.4. The van der Waals surface area contributed by atoms with Gasteiger partial charge in [-0.2, -0.15) is 0 Å². The van der Waals surface area contributed by atoms with E-state index in [9.17, 15) is 13.2 Å². The third kappa shape index (κ3) is 4.18. The Morgan fingerprint density at radius 1 is 1.38 bits per heavy atom. The van der Waals surface area contributed by atoms with E-state index < -0.39 is 9.05 Å². The standard InChI is InChI=1S/C14H18ClNO4S/c1-2-20-12-4-3-9-16(10-12)14(17)11-5-7-13(8-6-11)21(15,18)19/h5-8,12H,2-4,9-10H2,1H3. The molecule has 5 nitrogen and oxygen atoms in total. The van der Waals surface area contributed by atoms with Gasteiger partial charge in [-0.15, -0.1) is 0 Å². The van der Waals surface area contributed by atoms with Crippen molar-refractivity contribution in [2.45, 2.75) is 30.8 Å². The molecule has 0 N–H and O–H groups in total. The molecule has 0 aromatic heterocycles. The highest BCUT2D eigenvalue weighted by atomic mass is 35.7. The lowest BCUT2D eigenvalue weighted by atomic mass is 10.1. The summed E-state index contributed by atoms with van der Waals surface area (Å²) < 4.78 is 27.9. The maximum absolute atomic E-state index is 12.4. The number of rotatable bonds is 4. The average Bonchev–Trinajstić information content (AvgIpc) is 2.46. The van der Waals surface area contributed by atoms with Crippen molar-refractivity contribution in [3.63, 3.8) is 0 Å². The van der Waals surface area contributed by atoms with Crippen LogP contribution in [0.1, 0.15) is 30.1 Å². The molecule has 1 saturated heterocycles. The molecule has 2 rings (SSSR count). The van der Waals surface area contributed by atoms with E-state index in [1.165, 1.54) is 24.3 Å². The Kier molecular flexibility index (Phi) is 5.24. The smallest absolute Gasteiger partial charge is 0.261 e. The van der Waals surface area contributed by atoms with E-state index in [4.69, 9.17) is 15.4 Å². The maximum Gasteiger partial charge on any atom is 0.261 e. The predicted molar refractivity (Wildman–Crippen MR) is 80.0 cm³/mol. The average molecular weight is 332 g/mol. The van der Waals surface area contributed by atoms with E-state index in [1.807, 2.05) is 6.92 Å². The van der Waals surface area contributed by atoms with Gasteiger partial charge in [-0.25, -0.2) is 8.42 Å². The molecule has 0 aliphatic carbocycles. The van der Waals surface area contributed by atoms with E-state index >= 15 is 0 Å². The lowest BCUT2D eigenvalue weighted by Gasteiger charge is -2.32. The van der Waals surface area contributed by atoms with Gasteiger partial charge in [0, 0.05) is 35.9 Å². The van der Waals surface area contributed by atoms with Crippen molar-refractivity contribution in [1.82, 2.24) is 4.90 Å². The summed E-state index contributed by atoms with van der Waals surface area (Å²) in [6.07, 6.45) is 1.95. The van der Waals surface area contributed by atoms with Gasteiger partial charge in [-0.1, -0.05) is 0 Å². The van der Waals surface area contributed by atoms with Crippen LogP contribution in [0.5, 0.6) is 0 Å². The fourth-order valence-corrected chi connectivity index (χ4v) is 3.21. The lowest BCUT2D eigenvalue weighted by molar-refractivity contribution is 0.00724. The van der Waals surface area contributed by atoms with Gasteiger partial charge < -0.3 is 9.64 Å². The van der Waals surface area contributed by atoms with Crippen LogP contribution in [0.3, 0.4) is 0 Å². The van der Waals surface area contributed by atoms with Crippen molar-refractivity contribution in [1.29, 1.82) is 0 Å². The van der Waals surface area contributed by atoms with Gasteiger partial charge in [0.25, 0.3) is 15.0 Å². The lowest BCUT2D eigenvalue weighted by Crippen LogP contribution is -2.43. The zero-order chi connectivity index (χ0) is 15.5. The normalized spacial score (nSPS) is 19.5. The number of amides is 1. The van der Waals surface area contributed by atoms with E-state index in [2.05, 4.69) is 0 Å². The summed E-state index contributed by atoms with van der Waals surface area (Å²) in [6.45, 7) is 3.83. The van der Waals surface area contributed by atoms with Gasteiger partial charge in [0.15, 0.2) is 0 Å². The van der Waals surface area contributed by atoms with Crippen LogP contribution in [0.15, 0.2) is 29.2 Å². The Hall–Kier alpha value is -1.11.